The van der Waals surface area contributed by atoms with E-state index in [9.17, 15) is 0 Å². The van der Waals surface area contributed by atoms with Crippen molar-refractivity contribution in [2.24, 2.45) is 12.8 Å². The fourth-order valence-electron chi connectivity index (χ4n) is 1.78. The molecule has 0 spiro atoms. The smallest absolute Gasteiger partial charge is 0.0690 e. The van der Waals surface area contributed by atoms with Crippen LogP contribution in [0.2, 0.25) is 0 Å². The van der Waals surface area contributed by atoms with E-state index in [4.69, 9.17) is 5.73 Å². The number of nitrogens with zero attached hydrogens (tertiary/aromatic N) is 2. The maximum atomic E-state index is 5.70. The van der Waals surface area contributed by atoms with E-state index in [0.29, 0.717) is 6.54 Å². The molecule has 0 atom stereocenters. The van der Waals surface area contributed by atoms with Crippen molar-refractivity contribution in [3.63, 3.8) is 0 Å². The molecule has 0 saturated carbocycles. The summed E-state index contributed by atoms with van der Waals surface area (Å²) in [6.07, 6.45) is 1.90. The lowest BCUT2D eigenvalue weighted by Gasteiger charge is -2.01. The van der Waals surface area contributed by atoms with E-state index < -0.39 is 0 Å². The Bertz CT molecular complexity index is 425. The minimum absolute atomic E-state index is 0.506. The summed E-state index contributed by atoms with van der Waals surface area (Å²) in [5.41, 5.74) is 9.97. The molecule has 0 amide bonds. The summed E-state index contributed by atoms with van der Waals surface area (Å²) >= 11 is 0. The molecule has 0 fully saturated rings. The highest BCUT2D eigenvalue weighted by Gasteiger charge is 2.13. The summed E-state index contributed by atoms with van der Waals surface area (Å²) in [6.45, 7) is 2.50. The molecule has 0 radical (unpaired) electrons. The van der Waals surface area contributed by atoms with Crippen molar-refractivity contribution >= 4 is 0 Å². The van der Waals surface area contributed by atoms with E-state index in [1.807, 2.05) is 37.0 Å². The Hall–Kier alpha value is -1.55. The summed E-state index contributed by atoms with van der Waals surface area (Å²) in [6, 6.07) is 4.01. The van der Waals surface area contributed by atoms with E-state index in [1.54, 1.807) is 0 Å². The predicted octanol–water partition coefficient (Wildman–Crippen LogP) is 1.18. The van der Waals surface area contributed by atoms with Crippen LogP contribution in [0.25, 0.3) is 11.3 Å². The molecule has 0 saturated heterocycles. The average Bonchev–Trinajstić information content (AvgIpc) is 2.72. The van der Waals surface area contributed by atoms with Gasteiger partial charge in [0.15, 0.2) is 0 Å². The second kappa shape index (κ2) is 3.31. The second-order valence-corrected chi connectivity index (χ2v) is 3.32. The van der Waals surface area contributed by atoms with Gasteiger partial charge in [-0.25, -0.2) is 0 Å². The van der Waals surface area contributed by atoms with Crippen LogP contribution in [0.3, 0.4) is 0 Å². The van der Waals surface area contributed by atoms with Crippen LogP contribution in [-0.2, 0) is 13.6 Å². The molecular formula is C10H14N4. The van der Waals surface area contributed by atoms with Gasteiger partial charge in [-0.3, -0.25) is 4.68 Å². The Morgan fingerprint density at radius 3 is 2.93 bits per heavy atom. The lowest BCUT2D eigenvalue weighted by Crippen LogP contribution is -2.05. The second-order valence-electron chi connectivity index (χ2n) is 3.32. The van der Waals surface area contributed by atoms with Crippen molar-refractivity contribution in [1.29, 1.82) is 0 Å². The van der Waals surface area contributed by atoms with Crippen molar-refractivity contribution in [2.45, 2.75) is 13.5 Å². The highest BCUT2D eigenvalue weighted by atomic mass is 15.3. The largest absolute Gasteiger partial charge is 0.361 e. The van der Waals surface area contributed by atoms with Gasteiger partial charge in [0.1, 0.15) is 0 Å². The first-order valence-electron chi connectivity index (χ1n) is 4.60. The van der Waals surface area contributed by atoms with Crippen LogP contribution in [0, 0.1) is 6.92 Å². The van der Waals surface area contributed by atoms with E-state index >= 15 is 0 Å². The summed E-state index contributed by atoms with van der Waals surface area (Å²) in [4.78, 5) is 3.17. The van der Waals surface area contributed by atoms with Crippen LogP contribution in [0.15, 0.2) is 18.3 Å². The number of aryl methyl sites for hydroxylation is 2. The van der Waals surface area contributed by atoms with Gasteiger partial charge in [0, 0.05) is 31.0 Å². The first-order chi connectivity index (χ1) is 6.74. The molecule has 14 heavy (non-hydrogen) atoms. The molecule has 0 unspecified atom stereocenters. The van der Waals surface area contributed by atoms with Crippen molar-refractivity contribution in [1.82, 2.24) is 14.8 Å². The standard InChI is InChI=1S/C10H14N4/c1-7-10(8-4-3-5-12-8)9(6-11)14(2)13-7/h3-5,12H,6,11H2,1-2H3. The number of nitrogens with one attached hydrogen (secondary N) is 1. The Kier molecular flexibility index (Phi) is 2.13. The van der Waals surface area contributed by atoms with E-state index in [0.717, 1.165) is 22.6 Å². The maximum Gasteiger partial charge on any atom is 0.0690 e. The zero-order chi connectivity index (χ0) is 10.1. The highest BCUT2D eigenvalue weighted by Crippen LogP contribution is 2.24. The number of aromatic nitrogens is 3. The van der Waals surface area contributed by atoms with Gasteiger partial charge in [0.2, 0.25) is 0 Å². The molecule has 0 aliphatic carbocycles. The van der Waals surface area contributed by atoms with Gasteiger partial charge in [-0.05, 0) is 19.1 Å². The zero-order valence-corrected chi connectivity index (χ0v) is 8.41. The molecule has 0 aromatic carbocycles. The van der Waals surface area contributed by atoms with Gasteiger partial charge < -0.3 is 10.7 Å². The van der Waals surface area contributed by atoms with Crippen molar-refractivity contribution in [3.05, 3.63) is 29.7 Å². The molecule has 2 aromatic heterocycles. The lowest BCUT2D eigenvalue weighted by atomic mass is 10.1. The molecule has 2 aromatic rings. The monoisotopic (exact) mass is 190 g/mol. The fraction of sp³-hybridized carbons (Fsp3) is 0.300. The highest BCUT2D eigenvalue weighted by molar-refractivity contribution is 5.65. The summed E-state index contributed by atoms with van der Waals surface area (Å²) in [7, 11) is 1.92. The summed E-state index contributed by atoms with van der Waals surface area (Å²) in [5.74, 6) is 0. The van der Waals surface area contributed by atoms with Crippen LogP contribution in [0.1, 0.15) is 11.4 Å². The fourth-order valence-corrected chi connectivity index (χ4v) is 1.78. The molecule has 0 aliphatic rings. The third-order valence-corrected chi connectivity index (χ3v) is 2.40. The first kappa shape index (κ1) is 9.02. The first-order valence-corrected chi connectivity index (χ1v) is 4.60. The number of aromatic amines is 1. The van der Waals surface area contributed by atoms with Crippen LogP contribution in [0.4, 0.5) is 0 Å². The van der Waals surface area contributed by atoms with Crippen LogP contribution in [0.5, 0.6) is 0 Å². The van der Waals surface area contributed by atoms with E-state index in [-0.39, 0.29) is 0 Å². The number of hydrogen-bond acceptors (Lipinski definition) is 2. The third-order valence-electron chi connectivity index (χ3n) is 2.40. The van der Waals surface area contributed by atoms with Gasteiger partial charge >= 0.3 is 0 Å². The summed E-state index contributed by atoms with van der Waals surface area (Å²) < 4.78 is 1.84. The predicted molar refractivity (Wildman–Crippen MR) is 55.6 cm³/mol. The SMILES string of the molecule is Cc1nn(C)c(CN)c1-c1ccc[nH]1. The minimum Gasteiger partial charge on any atom is -0.361 e. The van der Waals surface area contributed by atoms with Crippen molar-refractivity contribution in [3.8, 4) is 11.3 Å². The van der Waals surface area contributed by atoms with Crippen molar-refractivity contribution < 1.29 is 0 Å². The molecule has 4 heteroatoms. The van der Waals surface area contributed by atoms with E-state index in [2.05, 4.69) is 10.1 Å². The maximum absolute atomic E-state index is 5.70. The normalized spacial score (nSPS) is 10.8. The molecule has 0 aliphatic heterocycles. The van der Waals surface area contributed by atoms with Crippen LogP contribution < -0.4 is 5.73 Å². The topological polar surface area (TPSA) is 59.6 Å². The van der Waals surface area contributed by atoms with Gasteiger partial charge in [0.25, 0.3) is 0 Å². The average molecular weight is 190 g/mol. The number of nitrogens with two attached hydrogens (primary N) is 1. The Morgan fingerprint density at radius 1 is 1.57 bits per heavy atom. The third kappa shape index (κ3) is 1.24. The molecule has 2 rings (SSSR count). The van der Waals surface area contributed by atoms with Crippen molar-refractivity contribution in [2.75, 3.05) is 0 Å². The molecule has 2 heterocycles. The molecule has 0 bridgehead atoms. The van der Waals surface area contributed by atoms with Gasteiger partial charge in [-0.2, -0.15) is 5.10 Å². The van der Waals surface area contributed by atoms with Gasteiger partial charge in [-0.15, -0.1) is 0 Å². The quantitative estimate of drug-likeness (QED) is 0.747. The number of hydrogen-bond donors (Lipinski definition) is 2. The Balaban J connectivity index is 2.62. The van der Waals surface area contributed by atoms with Gasteiger partial charge in [-0.1, -0.05) is 0 Å². The molecule has 3 N–H and O–H groups in total. The number of H-pyrrole nitrogens is 1. The lowest BCUT2D eigenvalue weighted by molar-refractivity contribution is 0.706. The van der Waals surface area contributed by atoms with E-state index in [1.165, 1.54) is 0 Å². The zero-order valence-electron chi connectivity index (χ0n) is 8.41. The molecular weight excluding hydrogens is 176 g/mol. The number of rotatable bonds is 2. The minimum atomic E-state index is 0.506. The Labute approximate surface area is 82.7 Å². The van der Waals surface area contributed by atoms with Gasteiger partial charge in [0.05, 0.1) is 11.4 Å². The van der Waals surface area contributed by atoms with Crippen LogP contribution in [-0.4, -0.2) is 14.8 Å². The molecule has 74 valence electrons. The summed E-state index contributed by atoms with van der Waals surface area (Å²) in [5, 5.41) is 4.35. The Morgan fingerprint density at radius 2 is 2.36 bits per heavy atom. The van der Waals surface area contributed by atoms with Crippen LogP contribution >= 0.6 is 0 Å². The molecule has 4 nitrogen and oxygen atoms in total.